The van der Waals surface area contributed by atoms with E-state index in [9.17, 15) is 4.79 Å². The second-order valence-corrected chi connectivity index (χ2v) is 6.44. The van der Waals surface area contributed by atoms with Gasteiger partial charge in [-0.3, -0.25) is 9.48 Å². The molecule has 0 bridgehead atoms. The molecular formula is C17H19N3O. The minimum absolute atomic E-state index is 0.0502. The summed E-state index contributed by atoms with van der Waals surface area (Å²) in [6.07, 6.45) is 14.3. The minimum Gasteiger partial charge on any atom is -0.267 e. The molecule has 0 saturated carbocycles. The van der Waals surface area contributed by atoms with E-state index in [0.29, 0.717) is 6.42 Å². The van der Waals surface area contributed by atoms with Crippen molar-refractivity contribution in [1.29, 1.82) is 0 Å². The van der Waals surface area contributed by atoms with E-state index in [0.717, 1.165) is 16.8 Å². The van der Waals surface area contributed by atoms with Crippen LogP contribution < -0.4 is 0 Å². The minimum atomic E-state index is -0.135. The number of aromatic nitrogens is 2. The molecule has 4 nitrogen and oxygen atoms in total. The maximum Gasteiger partial charge on any atom is 0.273 e. The molecule has 3 rings (SSSR count). The van der Waals surface area contributed by atoms with Crippen LogP contribution in [0.25, 0.3) is 0 Å². The van der Waals surface area contributed by atoms with Crippen molar-refractivity contribution in [1.82, 2.24) is 9.78 Å². The summed E-state index contributed by atoms with van der Waals surface area (Å²) in [6.45, 7) is 6.31. The third-order valence-corrected chi connectivity index (χ3v) is 3.64. The molecule has 108 valence electrons. The summed E-state index contributed by atoms with van der Waals surface area (Å²) in [7, 11) is 0. The van der Waals surface area contributed by atoms with Gasteiger partial charge in [-0.2, -0.15) is 5.10 Å². The lowest BCUT2D eigenvalue weighted by atomic mass is 9.91. The lowest BCUT2D eigenvalue weighted by Crippen LogP contribution is -2.22. The molecule has 1 atom stereocenters. The third kappa shape index (κ3) is 2.79. The number of hydrogen-bond donors (Lipinski definition) is 0. The normalized spacial score (nSPS) is 21.1. The standard InChI is InChI=1S/C17H19N3O/c1-17(2,3)20-11-12(10-18-20)8-14-9-13-6-4-5-7-15(13)19-16(14)21/h4-7,9-11,13H,8H2,1-3H3. The third-order valence-electron chi connectivity index (χ3n) is 3.64. The monoisotopic (exact) mass is 281 g/mol. The van der Waals surface area contributed by atoms with Crippen LogP contribution in [0.1, 0.15) is 26.3 Å². The van der Waals surface area contributed by atoms with Crippen molar-refractivity contribution in [3.63, 3.8) is 0 Å². The van der Waals surface area contributed by atoms with Gasteiger partial charge in [0.15, 0.2) is 0 Å². The quantitative estimate of drug-likeness (QED) is 0.837. The average molecular weight is 281 g/mol. The summed E-state index contributed by atoms with van der Waals surface area (Å²) in [4.78, 5) is 16.3. The van der Waals surface area contributed by atoms with Crippen LogP contribution in [0.15, 0.2) is 53.3 Å². The van der Waals surface area contributed by atoms with Crippen molar-refractivity contribution in [2.75, 3.05) is 0 Å². The van der Waals surface area contributed by atoms with E-state index in [-0.39, 0.29) is 17.4 Å². The molecule has 0 saturated heterocycles. The smallest absolute Gasteiger partial charge is 0.267 e. The molecule has 0 aromatic carbocycles. The summed E-state index contributed by atoms with van der Waals surface area (Å²) >= 11 is 0. The highest BCUT2D eigenvalue weighted by Crippen LogP contribution is 2.23. The molecule has 21 heavy (non-hydrogen) atoms. The summed E-state index contributed by atoms with van der Waals surface area (Å²) in [5, 5.41) is 4.38. The molecule has 4 heteroatoms. The highest BCUT2D eigenvalue weighted by Gasteiger charge is 2.23. The van der Waals surface area contributed by atoms with Crippen LogP contribution in [0.5, 0.6) is 0 Å². The number of aliphatic imine (C=N–C) groups is 1. The number of allylic oxidation sites excluding steroid dienone is 5. The second kappa shape index (κ2) is 4.95. The van der Waals surface area contributed by atoms with Crippen LogP contribution >= 0.6 is 0 Å². The van der Waals surface area contributed by atoms with Gasteiger partial charge in [0.1, 0.15) is 0 Å². The molecule has 2 aliphatic rings. The highest BCUT2D eigenvalue weighted by atomic mass is 16.1. The van der Waals surface area contributed by atoms with Gasteiger partial charge in [0.05, 0.1) is 17.4 Å². The Morgan fingerprint density at radius 3 is 2.81 bits per heavy atom. The van der Waals surface area contributed by atoms with E-state index in [2.05, 4.69) is 36.9 Å². The summed E-state index contributed by atoms with van der Waals surface area (Å²) in [6, 6.07) is 0. The van der Waals surface area contributed by atoms with Gasteiger partial charge in [-0.1, -0.05) is 24.3 Å². The summed E-state index contributed by atoms with van der Waals surface area (Å²) in [5.74, 6) is -0.00919. The first-order valence-corrected chi connectivity index (χ1v) is 7.16. The van der Waals surface area contributed by atoms with Crippen LogP contribution in [0, 0.1) is 5.92 Å². The topological polar surface area (TPSA) is 47.2 Å². The van der Waals surface area contributed by atoms with Gasteiger partial charge in [-0.25, -0.2) is 4.99 Å². The van der Waals surface area contributed by atoms with Gasteiger partial charge in [0.2, 0.25) is 0 Å². The van der Waals surface area contributed by atoms with Crippen LogP contribution in [-0.2, 0) is 16.8 Å². The lowest BCUT2D eigenvalue weighted by molar-refractivity contribution is -0.114. The molecular weight excluding hydrogens is 262 g/mol. The van der Waals surface area contributed by atoms with Gasteiger partial charge in [-0.15, -0.1) is 0 Å². The van der Waals surface area contributed by atoms with Crippen molar-refractivity contribution >= 4 is 11.6 Å². The zero-order valence-corrected chi connectivity index (χ0v) is 12.6. The second-order valence-electron chi connectivity index (χ2n) is 6.44. The number of dihydropyridines is 1. The molecule has 0 radical (unpaired) electrons. The van der Waals surface area contributed by atoms with Crippen molar-refractivity contribution in [3.8, 4) is 0 Å². The Bertz CT molecular complexity index is 696. The van der Waals surface area contributed by atoms with Gasteiger partial charge in [0, 0.05) is 24.1 Å². The number of rotatable bonds is 2. The van der Waals surface area contributed by atoms with Crippen LogP contribution in [0.2, 0.25) is 0 Å². The number of fused-ring (bicyclic) bond motifs is 1. The Morgan fingerprint density at radius 2 is 2.10 bits per heavy atom. The average Bonchev–Trinajstić information content (AvgIpc) is 2.88. The van der Waals surface area contributed by atoms with E-state index >= 15 is 0 Å². The van der Waals surface area contributed by atoms with Crippen LogP contribution in [0.4, 0.5) is 0 Å². The zero-order valence-electron chi connectivity index (χ0n) is 12.6. The molecule has 2 heterocycles. The number of nitrogens with zero attached hydrogens (tertiary/aromatic N) is 3. The van der Waals surface area contributed by atoms with Crippen molar-refractivity contribution < 1.29 is 4.79 Å². The van der Waals surface area contributed by atoms with E-state index in [1.165, 1.54) is 0 Å². The first-order valence-electron chi connectivity index (χ1n) is 7.16. The van der Waals surface area contributed by atoms with E-state index < -0.39 is 0 Å². The molecule has 1 aromatic rings. The number of carbonyl (C=O) groups excluding carboxylic acids is 1. The summed E-state index contributed by atoms with van der Waals surface area (Å²) < 4.78 is 1.92. The Morgan fingerprint density at radius 1 is 1.29 bits per heavy atom. The maximum absolute atomic E-state index is 12.1. The predicted octanol–water partition coefficient (Wildman–Crippen LogP) is 2.83. The molecule has 1 aromatic heterocycles. The van der Waals surface area contributed by atoms with Gasteiger partial charge in [0.25, 0.3) is 5.91 Å². The molecule has 1 amide bonds. The fourth-order valence-corrected chi connectivity index (χ4v) is 2.45. The molecule has 1 unspecified atom stereocenters. The predicted molar refractivity (Wildman–Crippen MR) is 83.2 cm³/mol. The molecule has 1 aliphatic carbocycles. The van der Waals surface area contributed by atoms with E-state index in [1.807, 2.05) is 41.4 Å². The molecule has 0 fully saturated rings. The Hall–Kier alpha value is -2.23. The van der Waals surface area contributed by atoms with E-state index in [1.54, 1.807) is 0 Å². The maximum atomic E-state index is 12.1. The number of hydrogen-bond acceptors (Lipinski definition) is 2. The largest absolute Gasteiger partial charge is 0.273 e. The first kappa shape index (κ1) is 13.7. The molecule has 0 spiro atoms. The van der Waals surface area contributed by atoms with Crippen LogP contribution in [-0.4, -0.2) is 21.4 Å². The van der Waals surface area contributed by atoms with Crippen molar-refractivity contribution in [3.05, 3.63) is 53.9 Å². The fraction of sp³-hybridized carbons (Fsp3) is 0.353. The van der Waals surface area contributed by atoms with Gasteiger partial charge >= 0.3 is 0 Å². The van der Waals surface area contributed by atoms with Gasteiger partial charge < -0.3 is 0 Å². The lowest BCUT2D eigenvalue weighted by Gasteiger charge is -2.19. The Labute approximate surface area is 124 Å². The van der Waals surface area contributed by atoms with E-state index in [4.69, 9.17) is 0 Å². The number of amides is 1. The summed E-state index contributed by atoms with van der Waals surface area (Å²) in [5.41, 5.74) is 2.57. The Balaban J connectivity index is 1.81. The molecule has 0 N–H and O–H groups in total. The first-order chi connectivity index (χ1) is 9.93. The number of carbonyl (C=O) groups is 1. The van der Waals surface area contributed by atoms with Gasteiger partial charge in [-0.05, 0) is 32.4 Å². The Kier molecular flexibility index (Phi) is 3.24. The molecule has 1 aliphatic heterocycles. The SMILES string of the molecule is CC(C)(C)n1cc(CC2=CC3C=CC=CC3=NC2=O)cn1. The highest BCUT2D eigenvalue weighted by molar-refractivity contribution is 6.13. The van der Waals surface area contributed by atoms with Crippen molar-refractivity contribution in [2.45, 2.75) is 32.7 Å². The fourth-order valence-electron chi connectivity index (χ4n) is 2.45. The van der Waals surface area contributed by atoms with Crippen molar-refractivity contribution in [2.24, 2.45) is 10.9 Å². The zero-order chi connectivity index (χ0) is 15.0. The van der Waals surface area contributed by atoms with Crippen LogP contribution in [0.3, 0.4) is 0 Å².